The third-order valence-electron chi connectivity index (χ3n) is 4.74. The molecule has 5 heteroatoms. The summed E-state index contributed by atoms with van der Waals surface area (Å²) in [7, 11) is 0. The minimum absolute atomic E-state index is 0.0371. The molecule has 142 valence electrons. The number of hydrogen-bond donors (Lipinski definition) is 1. The lowest BCUT2D eigenvalue weighted by molar-refractivity contribution is 0.460. The van der Waals surface area contributed by atoms with E-state index < -0.39 is 0 Å². The minimum atomic E-state index is 0.0371. The minimum Gasteiger partial charge on any atom is -0.466 e. The summed E-state index contributed by atoms with van der Waals surface area (Å²) in [4.78, 5) is 0. The van der Waals surface area contributed by atoms with E-state index in [1.54, 1.807) is 0 Å². The first-order chi connectivity index (χ1) is 13.6. The first kappa shape index (κ1) is 18.2. The molecule has 2 aromatic carbocycles. The number of nitrogens with zero attached hydrogens (tertiary/aromatic N) is 2. The Bertz CT molecular complexity index is 1050. The summed E-state index contributed by atoms with van der Waals surface area (Å²) in [5, 5.41) is 11.9. The second-order valence-corrected chi connectivity index (χ2v) is 6.96. The number of hydrogen-bond acceptors (Lipinski definition) is 5. The van der Waals surface area contributed by atoms with Gasteiger partial charge in [0.25, 0.3) is 5.89 Å². The van der Waals surface area contributed by atoms with E-state index in [1.165, 1.54) is 16.7 Å². The van der Waals surface area contributed by atoms with Crippen LogP contribution in [0.3, 0.4) is 0 Å². The Balaban J connectivity index is 1.55. The van der Waals surface area contributed by atoms with E-state index in [0.29, 0.717) is 18.3 Å². The largest absolute Gasteiger partial charge is 0.466 e. The van der Waals surface area contributed by atoms with Crippen LogP contribution in [0, 0.1) is 20.8 Å². The van der Waals surface area contributed by atoms with Gasteiger partial charge in [-0.1, -0.05) is 60.2 Å². The van der Waals surface area contributed by atoms with Gasteiger partial charge in [-0.15, -0.1) is 10.2 Å². The number of furan rings is 1. The number of benzene rings is 2. The highest BCUT2D eigenvalue weighted by Crippen LogP contribution is 2.26. The molecule has 0 saturated heterocycles. The summed E-state index contributed by atoms with van der Waals surface area (Å²) in [5.41, 5.74) is 4.46. The number of aromatic nitrogens is 2. The van der Waals surface area contributed by atoms with Gasteiger partial charge in [-0.05, 0) is 38.0 Å². The summed E-state index contributed by atoms with van der Waals surface area (Å²) >= 11 is 0. The molecule has 0 saturated carbocycles. The predicted molar refractivity (Wildman–Crippen MR) is 108 cm³/mol. The van der Waals surface area contributed by atoms with E-state index in [1.807, 2.05) is 38.1 Å². The third kappa shape index (κ3) is 3.89. The molecule has 28 heavy (non-hydrogen) atoms. The van der Waals surface area contributed by atoms with Gasteiger partial charge in [-0.3, -0.25) is 5.32 Å². The Morgan fingerprint density at radius 2 is 1.57 bits per heavy atom. The average molecular weight is 373 g/mol. The van der Waals surface area contributed by atoms with Gasteiger partial charge in [-0.2, -0.15) is 0 Å². The SMILES string of the molecule is Cc1ccc([C@H](NCc2nnc(-c3cc(C)oc3C)o2)c2ccccc2)cc1. The van der Waals surface area contributed by atoms with Crippen molar-refractivity contribution in [3.05, 3.63) is 94.8 Å². The lowest BCUT2D eigenvalue weighted by Gasteiger charge is -2.19. The van der Waals surface area contributed by atoms with Crippen LogP contribution in [-0.2, 0) is 6.54 Å². The van der Waals surface area contributed by atoms with Gasteiger partial charge in [0.05, 0.1) is 18.2 Å². The molecule has 0 spiro atoms. The molecule has 0 radical (unpaired) electrons. The molecule has 0 bridgehead atoms. The van der Waals surface area contributed by atoms with Gasteiger partial charge in [0.1, 0.15) is 11.5 Å². The highest BCUT2D eigenvalue weighted by molar-refractivity contribution is 5.55. The van der Waals surface area contributed by atoms with Crippen LogP contribution in [0.25, 0.3) is 11.5 Å². The number of aryl methyl sites for hydroxylation is 3. The van der Waals surface area contributed by atoms with Crippen LogP contribution in [0.4, 0.5) is 0 Å². The molecule has 0 aliphatic heterocycles. The van der Waals surface area contributed by atoms with Gasteiger partial charge >= 0.3 is 0 Å². The molecule has 1 N–H and O–H groups in total. The molecular weight excluding hydrogens is 350 g/mol. The first-order valence-corrected chi connectivity index (χ1v) is 9.35. The molecule has 2 aromatic heterocycles. The van der Waals surface area contributed by atoms with E-state index in [0.717, 1.165) is 17.1 Å². The van der Waals surface area contributed by atoms with Crippen molar-refractivity contribution in [3.8, 4) is 11.5 Å². The van der Waals surface area contributed by atoms with E-state index in [2.05, 4.69) is 58.8 Å². The van der Waals surface area contributed by atoms with E-state index >= 15 is 0 Å². The maximum Gasteiger partial charge on any atom is 0.251 e. The Morgan fingerprint density at radius 3 is 2.25 bits per heavy atom. The fourth-order valence-electron chi connectivity index (χ4n) is 3.30. The summed E-state index contributed by atoms with van der Waals surface area (Å²) in [6.45, 7) is 6.36. The molecular formula is C23H23N3O2. The van der Waals surface area contributed by atoms with Crippen LogP contribution in [0.5, 0.6) is 0 Å². The number of rotatable bonds is 6. The second-order valence-electron chi connectivity index (χ2n) is 6.96. The maximum atomic E-state index is 5.86. The van der Waals surface area contributed by atoms with Crippen LogP contribution in [0.2, 0.25) is 0 Å². The van der Waals surface area contributed by atoms with E-state index in [9.17, 15) is 0 Å². The Kier molecular flexibility index (Phi) is 5.08. The summed E-state index contributed by atoms with van der Waals surface area (Å²) in [6, 6.07) is 20.9. The van der Waals surface area contributed by atoms with E-state index in [-0.39, 0.29) is 6.04 Å². The Morgan fingerprint density at radius 1 is 0.857 bits per heavy atom. The first-order valence-electron chi connectivity index (χ1n) is 9.35. The molecule has 0 fully saturated rings. The van der Waals surface area contributed by atoms with Crippen molar-refractivity contribution in [2.75, 3.05) is 0 Å². The van der Waals surface area contributed by atoms with Crippen molar-refractivity contribution < 1.29 is 8.83 Å². The topological polar surface area (TPSA) is 64.1 Å². The Labute approximate surface area is 164 Å². The van der Waals surface area contributed by atoms with Crippen molar-refractivity contribution in [1.82, 2.24) is 15.5 Å². The zero-order chi connectivity index (χ0) is 19.5. The molecule has 0 aliphatic rings. The van der Waals surface area contributed by atoms with Crippen molar-refractivity contribution in [3.63, 3.8) is 0 Å². The van der Waals surface area contributed by atoms with Crippen molar-refractivity contribution in [2.24, 2.45) is 0 Å². The van der Waals surface area contributed by atoms with Crippen LogP contribution in [-0.4, -0.2) is 10.2 Å². The smallest absolute Gasteiger partial charge is 0.251 e. The zero-order valence-corrected chi connectivity index (χ0v) is 16.3. The maximum absolute atomic E-state index is 5.86. The quantitative estimate of drug-likeness (QED) is 0.507. The summed E-state index contributed by atoms with van der Waals surface area (Å²) < 4.78 is 11.4. The van der Waals surface area contributed by atoms with Gasteiger partial charge in [0.15, 0.2) is 0 Å². The molecule has 5 nitrogen and oxygen atoms in total. The standard InChI is InChI=1S/C23H23N3O2/c1-15-9-11-19(12-10-15)22(18-7-5-4-6-8-18)24-14-21-25-26-23(28-21)20-13-16(2)27-17(20)3/h4-13,22,24H,14H2,1-3H3/t22-/m1/s1. The van der Waals surface area contributed by atoms with Crippen molar-refractivity contribution in [1.29, 1.82) is 0 Å². The molecule has 4 aromatic rings. The molecule has 2 heterocycles. The number of nitrogens with one attached hydrogen (secondary N) is 1. The monoisotopic (exact) mass is 373 g/mol. The molecule has 1 atom stereocenters. The molecule has 0 amide bonds. The van der Waals surface area contributed by atoms with Crippen molar-refractivity contribution in [2.45, 2.75) is 33.4 Å². The van der Waals surface area contributed by atoms with Crippen LogP contribution >= 0.6 is 0 Å². The van der Waals surface area contributed by atoms with Gasteiger partial charge < -0.3 is 8.83 Å². The molecule has 4 rings (SSSR count). The zero-order valence-electron chi connectivity index (χ0n) is 16.3. The molecule has 0 unspecified atom stereocenters. The Hall–Kier alpha value is -3.18. The van der Waals surface area contributed by atoms with E-state index in [4.69, 9.17) is 8.83 Å². The van der Waals surface area contributed by atoms with Crippen LogP contribution < -0.4 is 5.32 Å². The molecule has 0 aliphatic carbocycles. The fraction of sp³-hybridized carbons (Fsp3) is 0.217. The fourth-order valence-corrected chi connectivity index (χ4v) is 3.30. The second kappa shape index (κ2) is 7.82. The lowest BCUT2D eigenvalue weighted by atomic mass is 9.98. The van der Waals surface area contributed by atoms with Crippen LogP contribution in [0.1, 0.15) is 40.1 Å². The van der Waals surface area contributed by atoms with Crippen molar-refractivity contribution >= 4 is 0 Å². The van der Waals surface area contributed by atoms with Gasteiger partial charge in [0.2, 0.25) is 5.89 Å². The highest BCUT2D eigenvalue weighted by atomic mass is 16.4. The predicted octanol–water partition coefficient (Wildman–Crippen LogP) is 5.13. The highest BCUT2D eigenvalue weighted by Gasteiger charge is 2.17. The normalized spacial score (nSPS) is 12.2. The summed E-state index contributed by atoms with van der Waals surface area (Å²) in [5.74, 6) is 2.63. The average Bonchev–Trinajstić information content (AvgIpc) is 3.30. The summed E-state index contributed by atoms with van der Waals surface area (Å²) in [6.07, 6.45) is 0. The van der Waals surface area contributed by atoms with Gasteiger partial charge in [0, 0.05) is 0 Å². The van der Waals surface area contributed by atoms with Gasteiger partial charge in [-0.25, -0.2) is 0 Å². The third-order valence-corrected chi connectivity index (χ3v) is 4.74. The van der Waals surface area contributed by atoms with Crippen LogP contribution in [0.15, 0.2) is 69.5 Å². The lowest BCUT2D eigenvalue weighted by Crippen LogP contribution is -2.22.